The van der Waals surface area contributed by atoms with Crippen molar-refractivity contribution < 1.29 is 4.74 Å². The standard InChI is InChI=1S/C12H24ClNO/c1-11-6-7-12(15-11)10-14-9-5-3-2-4-8-13/h11-12,14H,2-10H2,1H3. The van der Waals surface area contributed by atoms with Gasteiger partial charge in [0.15, 0.2) is 0 Å². The minimum Gasteiger partial charge on any atom is -0.374 e. The van der Waals surface area contributed by atoms with Crippen molar-refractivity contribution in [3.05, 3.63) is 0 Å². The van der Waals surface area contributed by atoms with E-state index in [1.165, 1.54) is 32.1 Å². The lowest BCUT2D eigenvalue weighted by Crippen LogP contribution is -2.27. The Morgan fingerprint density at radius 3 is 2.67 bits per heavy atom. The van der Waals surface area contributed by atoms with Crippen LogP contribution in [0.4, 0.5) is 0 Å². The normalized spacial score (nSPS) is 26.0. The molecule has 2 nitrogen and oxygen atoms in total. The van der Waals surface area contributed by atoms with E-state index in [-0.39, 0.29) is 0 Å². The molecule has 3 heteroatoms. The van der Waals surface area contributed by atoms with Crippen molar-refractivity contribution in [1.29, 1.82) is 0 Å². The van der Waals surface area contributed by atoms with Crippen LogP contribution in [0.1, 0.15) is 45.4 Å². The van der Waals surface area contributed by atoms with Crippen LogP contribution < -0.4 is 5.32 Å². The molecule has 0 aromatic rings. The summed E-state index contributed by atoms with van der Waals surface area (Å²) >= 11 is 5.61. The number of rotatable bonds is 8. The summed E-state index contributed by atoms with van der Waals surface area (Å²) in [6.07, 6.45) is 8.36. The maximum atomic E-state index is 5.73. The summed E-state index contributed by atoms with van der Waals surface area (Å²) in [7, 11) is 0. The van der Waals surface area contributed by atoms with Crippen molar-refractivity contribution in [3.8, 4) is 0 Å². The van der Waals surface area contributed by atoms with Gasteiger partial charge in [0.2, 0.25) is 0 Å². The zero-order valence-corrected chi connectivity index (χ0v) is 10.6. The number of hydrogen-bond donors (Lipinski definition) is 1. The number of unbranched alkanes of at least 4 members (excludes halogenated alkanes) is 3. The lowest BCUT2D eigenvalue weighted by Gasteiger charge is -2.11. The molecule has 0 aromatic carbocycles. The van der Waals surface area contributed by atoms with Crippen molar-refractivity contribution in [3.63, 3.8) is 0 Å². The molecular weight excluding hydrogens is 210 g/mol. The molecule has 15 heavy (non-hydrogen) atoms. The number of alkyl halides is 1. The molecule has 2 atom stereocenters. The van der Waals surface area contributed by atoms with E-state index in [4.69, 9.17) is 16.3 Å². The molecule has 1 saturated heterocycles. The van der Waals surface area contributed by atoms with Crippen LogP contribution in [0.3, 0.4) is 0 Å². The van der Waals surface area contributed by atoms with E-state index in [1.807, 2.05) is 0 Å². The van der Waals surface area contributed by atoms with E-state index in [2.05, 4.69) is 12.2 Å². The highest BCUT2D eigenvalue weighted by atomic mass is 35.5. The van der Waals surface area contributed by atoms with Crippen molar-refractivity contribution >= 4 is 11.6 Å². The molecule has 0 bridgehead atoms. The molecule has 1 heterocycles. The number of nitrogens with one attached hydrogen (secondary N) is 1. The summed E-state index contributed by atoms with van der Waals surface area (Å²) in [5.74, 6) is 0.807. The van der Waals surface area contributed by atoms with Crippen LogP contribution in [-0.4, -0.2) is 31.2 Å². The van der Waals surface area contributed by atoms with Crippen molar-refractivity contribution in [2.75, 3.05) is 19.0 Å². The van der Waals surface area contributed by atoms with Crippen LogP contribution in [0.15, 0.2) is 0 Å². The molecule has 1 fully saturated rings. The van der Waals surface area contributed by atoms with Gasteiger partial charge in [-0.3, -0.25) is 0 Å². The van der Waals surface area contributed by atoms with Gasteiger partial charge in [-0.2, -0.15) is 0 Å². The number of ether oxygens (including phenoxy) is 1. The smallest absolute Gasteiger partial charge is 0.0704 e. The maximum Gasteiger partial charge on any atom is 0.0704 e. The highest BCUT2D eigenvalue weighted by Crippen LogP contribution is 2.18. The number of halogens is 1. The Bertz CT molecular complexity index is 155. The van der Waals surface area contributed by atoms with Gasteiger partial charge >= 0.3 is 0 Å². The van der Waals surface area contributed by atoms with Gasteiger partial charge < -0.3 is 10.1 Å². The maximum absolute atomic E-state index is 5.73. The predicted molar refractivity (Wildman–Crippen MR) is 65.6 cm³/mol. The predicted octanol–water partition coefficient (Wildman–Crippen LogP) is 2.94. The summed E-state index contributed by atoms with van der Waals surface area (Å²) in [6.45, 7) is 4.31. The Hall–Kier alpha value is 0.210. The van der Waals surface area contributed by atoms with Crippen molar-refractivity contribution in [2.24, 2.45) is 0 Å². The first-order valence-corrected chi connectivity index (χ1v) is 6.78. The van der Waals surface area contributed by atoms with Crippen LogP contribution in [0.5, 0.6) is 0 Å². The molecule has 0 spiro atoms. The second kappa shape index (κ2) is 8.37. The fourth-order valence-corrected chi connectivity index (χ4v) is 2.19. The van der Waals surface area contributed by atoms with Crippen molar-refractivity contribution in [1.82, 2.24) is 5.32 Å². The molecule has 1 aliphatic heterocycles. The fourth-order valence-electron chi connectivity index (χ4n) is 2.00. The second-order valence-corrected chi connectivity index (χ2v) is 4.83. The van der Waals surface area contributed by atoms with Gasteiger partial charge in [0.05, 0.1) is 12.2 Å². The molecular formula is C12H24ClNO. The minimum absolute atomic E-state index is 0.461. The summed E-state index contributed by atoms with van der Waals surface area (Å²) in [5.41, 5.74) is 0. The van der Waals surface area contributed by atoms with Crippen LogP contribution in [0, 0.1) is 0 Å². The van der Waals surface area contributed by atoms with E-state index in [1.54, 1.807) is 0 Å². The third kappa shape index (κ3) is 6.39. The first kappa shape index (κ1) is 13.3. The van der Waals surface area contributed by atoms with Crippen LogP contribution in [-0.2, 0) is 4.74 Å². The van der Waals surface area contributed by atoms with Gasteiger partial charge in [0.1, 0.15) is 0 Å². The summed E-state index contributed by atoms with van der Waals surface area (Å²) in [4.78, 5) is 0. The van der Waals surface area contributed by atoms with Gasteiger partial charge in [-0.15, -0.1) is 11.6 Å². The molecule has 1 N–H and O–H groups in total. The molecule has 0 amide bonds. The number of hydrogen-bond acceptors (Lipinski definition) is 2. The zero-order valence-electron chi connectivity index (χ0n) is 9.80. The molecule has 90 valence electrons. The quantitative estimate of drug-likeness (QED) is 0.514. The SMILES string of the molecule is CC1CCC(CNCCCCCCCl)O1. The van der Waals surface area contributed by atoms with Gasteiger partial charge in [0.25, 0.3) is 0 Å². The zero-order chi connectivity index (χ0) is 10.9. The van der Waals surface area contributed by atoms with Gasteiger partial charge in [-0.05, 0) is 39.2 Å². The molecule has 1 aliphatic rings. The van der Waals surface area contributed by atoms with Gasteiger partial charge in [-0.25, -0.2) is 0 Å². The Morgan fingerprint density at radius 1 is 1.20 bits per heavy atom. The molecule has 0 aromatic heterocycles. The minimum atomic E-state index is 0.461. The topological polar surface area (TPSA) is 21.3 Å². The third-order valence-electron chi connectivity index (χ3n) is 2.93. The van der Waals surface area contributed by atoms with Gasteiger partial charge in [0, 0.05) is 12.4 Å². The lowest BCUT2D eigenvalue weighted by molar-refractivity contribution is 0.0561. The van der Waals surface area contributed by atoms with E-state index in [0.717, 1.165) is 25.4 Å². The fraction of sp³-hybridized carbons (Fsp3) is 1.00. The average Bonchev–Trinajstić information content (AvgIpc) is 2.63. The second-order valence-electron chi connectivity index (χ2n) is 4.45. The third-order valence-corrected chi connectivity index (χ3v) is 3.20. The van der Waals surface area contributed by atoms with E-state index in [0.29, 0.717) is 12.2 Å². The lowest BCUT2D eigenvalue weighted by atomic mass is 10.2. The monoisotopic (exact) mass is 233 g/mol. The molecule has 1 rings (SSSR count). The van der Waals surface area contributed by atoms with Crippen LogP contribution in [0.25, 0.3) is 0 Å². The first-order valence-electron chi connectivity index (χ1n) is 6.25. The Balaban J connectivity index is 1.81. The van der Waals surface area contributed by atoms with Crippen molar-refractivity contribution in [2.45, 2.75) is 57.7 Å². The molecule has 2 unspecified atom stereocenters. The Morgan fingerprint density at radius 2 is 2.00 bits per heavy atom. The average molecular weight is 234 g/mol. The summed E-state index contributed by atoms with van der Waals surface area (Å²) in [5, 5.41) is 3.47. The van der Waals surface area contributed by atoms with E-state index < -0.39 is 0 Å². The van der Waals surface area contributed by atoms with Gasteiger partial charge in [-0.1, -0.05) is 12.8 Å². The Kier molecular flexibility index (Phi) is 7.41. The summed E-state index contributed by atoms with van der Waals surface area (Å²) < 4.78 is 5.73. The van der Waals surface area contributed by atoms with Crippen LogP contribution in [0.2, 0.25) is 0 Å². The Labute approximate surface area is 98.7 Å². The molecule has 0 radical (unpaired) electrons. The summed E-state index contributed by atoms with van der Waals surface area (Å²) in [6, 6.07) is 0. The van der Waals surface area contributed by atoms with Crippen LogP contribution >= 0.6 is 11.6 Å². The molecule has 0 saturated carbocycles. The highest BCUT2D eigenvalue weighted by molar-refractivity contribution is 6.17. The molecule has 0 aliphatic carbocycles. The highest BCUT2D eigenvalue weighted by Gasteiger charge is 2.20. The van der Waals surface area contributed by atoms with E-state index in [9.17, 15) is 0 Å². The largest absolute Gasteiger partial charge is 0.374 e. The van der Waals surface area contributed by atoms with E-state index >= 15 is 0 Å². The first-order chi connectivity index (χ1) is 7.33.